The monoisotopic (exact) mass is 228 g/mol. The SMILES string of the molecule is CC1CNCCN(CC2CCSC2)C1=O. The van der Waals surface area contributed by atoms with E-state index < -0.39 is 0 Å². The zero-order chi connectivity index (χ0) is 10.7. The number of nitrogens with one attached hydrogen (secondary N) is 1. The molecule has 0 spiro atoms. The van der Waals surface area contributed by atoms with Gasteiger partial charge in [-0.05, 0) is 23.8 Å². The van der Waals surface area contributed by atoms with Crippen molar-refractivity contribution in [3.05, 3.63) is 0 Å². The first kappa shape index (κ1) is 11.3. The Morgan fingerprint density at radius 1 is 1.60 bits per heavy atom. The zero-order valence-corrected chi connectivity index (χ0v) is 10.2. The van der Waals surface area contributed by atoms with Gasteiger partial charge < -0.3 is 10.2 Å². The van der Waals surface area contributed by atoms with Crippen LogP contribution >= 0.6 is 11.8 Å². The van der Waals surface area contributed by atoms with Crippen molar-refractivity contribution in [3.63, 3.8) is 0 Å². The van der Waals surface area contributed by atoms with Crippen molar-refractivity contribution in [1.82, 2.24) is 10.2 Å². The van der Waals surface area contributed by atoms with Gasteiger partial charge in [-0.25, -0.2) is 0 Å². The number of carbonyl (C=O) groups excluding carboxylic acids is 1. The summed E-state index contributed by atoms with van der Waals surface area (Å²) in [4.78, 5) is 14.1. The molecule has 2 aliphatic heterocycles. The second-order valence-electron chi connectivity index (χ2n) is 4.62. The van der Waals surface area contributed by atoms with Gasteiger partial charge in [-0.2, -0.15) is 11.8 Å². The maximum atomic E-state index is 12.0. The van der Waals surface area contributed by atoms with Crippen molar-refractivity contribution >= 4 is 17.7 Å². The molecule has 2 atom stereocenters. The third kappa shape index (κ3) is 2.88. The fourth-order valence-corrected chi connectivity index (χ4v) is 3.53. The number of nitrogens with zero attached hydrogens (tertiary/aromatic N) is 1. The summed E-state index contributed by atoms with van der Waals surface area (Å²) in [6.07, 6.45) is 1.29. The molecule has 4 heteroatoms. The van der Waals surface area contributed by atoms with Crippen LogP contribution in [0.15, 0.2) is 0 Å². The van der Waals surface area contributed by atoms with Gasteiger partial charge in [-0.1, -0.05) is 6.92 Å². The fourth-order valence-electron chi connectivity index (χ4n) is 2.26. The molecular formula is C11H20N2OS. The Bertz CT molecular complexity index is 229. The number of hydrogen-bond donors (Lipinski definition) is 1. The van der Waals surface area contributed by atoms with Crippen molar-refractivity contribution < 1.29 is 4.79 Å². The first-order chi connectivity index (χ1) is 7.27. The van der Waals surface area contributed by atoms with E-state index >= 15 is 0 Å². The summed E-state index contributed by atoms with van der Waals surface area (Å²) in [5.74, 6) is 3.76. The lowest BCUT2D eigenvalue weighted by Gasteiger charge is -2.25. The Morgan fingerprint density at radius 3 is 3.20 bits per heavy atom. The Labute approximate surface area is 96.0 Å². The standard InChI is InChI=1S/C11H20N2OS/c1-9-6-12-3-4-13(11(9)14)7-10-2-5-15-8-10/h9-10,12H,2-8H2,1H3. The van der Waals surface area contributed by atoms with Gasteiger partial charge in [0.15, 0.2) is 0 Å². The average Bonchev–Trinajstić information content (AvgIpc) is 2.68. The van der Waals surface area contributed by atoms with Gasteiger partial charge in [0.25, 0.3) is 0 Å². The predicted octanol–water partition coefficient (Wildman–Crippen LogP) is 0.807. The van der Waals surface area contributed by atoms with Crippen molar-refractivity contribution in [2.45, 2.75) is 13.3 Å². The van der Waals surface area contributed by atoms with E-state index in [2.05, 4.69) is 10.2 Å². The molecule has 2 saturated heterocycles. The molecule has 1 N–H and O–H groups in total. The molecule has 0 aromatic rings. The summed E-state index contributed by atoms with van der Waals surface area (Å²) < 4.78 is 0. The molecule has 3 nitrogen and oxygen atoms in total. The summed E-state index contributed by atoms with van der Waals surface area (Å²) in [6, 6.07) is 0. The summed E-state index contributed by atoms with van der Waals surface area (Å²) in [5, 5.41) is 3.31. The molecule has 0 saturated carbocycles. The topological polar surface area (TPSA) is 32.3 Å². The van der Waals surface area contributed by atoms with Gasteiger partial charge in [-0.15, -0.1) is 0 Å². The van der Waals surface area contributed by atoms with Crippen LogP contribution in [0.25, 0.3) is 0 Å². The smallest absolute Gasteiger partial charge is 0.226 e. The molecule has 0 aromatic carbocycles. The normalized spacial score (nSPS) is 33.1. The lowest BCUT2D eigenvalue weighted by Crippen LogP contribution is -2.39. The van der Waals surface area contributed by atoms with Gasteiger partial charge in [-0.3, -0.25) is 4.79 Å². The van der Waals surface area contributed by atoms with Crippen LogP contribution in [0.1, 0.15) is 13.3 Å². The third-order valence-corrected chi connectivity index (χ3v) is 4.48. The van der Waals surface area contributed by atoms with Crippen molar-refractivity contribution in [1.29, 1.82) is 0 Å². The highest BCUT2D eigenvalue weighted by molar-refractivity contribution is 7.99. The molecule has 0 radical (unpaired) electrons. The highest BCUT2D eigenvalue weighted by Gasteiger charge is 2.26. The molecule has 0 bridgehead atoms. The quantitative estimate of drug-likeness (QED) is 0.759. The van der Waals surface area contributed by atoms with E-state index in [-0.39, 0.29) is 5.92 Å². The first-order valence-electron chi connectivity index (χ1n) is 5.84. The molecule has 2 aliphatic rings. The minimum Gasteiger partial charge on any atom is -0.341 e. The van der Waals surface area contributed by atoms with E-state index in [0.29, 0.717) is 5.91 Å². The van der Waals surface area contributed by atoms with Crippen LogP contribution in [0.4, 0.5) is 0 Å². The van der Waals surface area contributed by atoms with Crippen LogP contribution < -0.4 is 5.32 Å². The van der Waals surface area contributed by atoms with E-state index in [4.69, 9.17) is 0 Å². The van der Waals surface area contributed by atoms with Crippen LogP contribution in [0.5, 0.6) is 0 Å². The maximum absolute atomic E-state index is 12.0. The Balaban J connectivity index is 1.90. The van der Waals surface area contributed by atoms with E-state index in [1.165, 1.54) is 17.9 Å². The summed E-state index contributed by atoms with van der Waals surface area (Å²) >= 11 is 2.02. The van der Waals surface area contributed by atoms with Crippen LogP contribution in [-0.2, 0) is 4.79 Å². The lowest BCUT2D eigenvalue weighted by atomic mass is 10.1. The second kappa shape index (κ2) is 5.21. The van der Waals surface area contributed by atoms with Crippen LogP contribution in [0.3, 0.4) is 0 Å². The average molecular weight is 228 g/mol. The molecule has 2 heterocycles. The van der Waals surface area contributed by atoms with Crippen molar-refractivity contribution in [2.24, 2.45) is 11.8 Å². The first-order valence-corrected chi connectivity index (χ1v) is 7.00. The van der Waals surface area contributed by atoms with Gasteiger partial charge in [0, 0.05) is 32.1 Å². The van der Waals surface area contributed by atoms with Crippen molar-refractivity contribution in [3.8, 4) is 0 Å². The van der Waals surface area contributed by atoms with Gasteiger partial charge in [0.05, 0.1) is 0 Å². The van der Waals surface area contributed by atoms with E-state index in [1.54, 1.807) is 0 Å². The largest absolute Gasteiger partial charge is 0.341 e. The molecule has 2 rings (SSSR count). The fraction of sp³-hybridized carbons (Fsp3) is 0.909. The predicted molar refractivity (Wildman–Crippen MR) is 64.0 cm³/mol. The summed E-state index contributed by atoms with van der Waals surface area (Å²) in [6.45, 7) is 5.70. The second-order valence-corrected chi connectivity index (χ2v) is 5.77. The number of carbonyl (C=O) groups is 1. The number of hydrogen-bond acceptors (Lipinski definition) is 3. The highest BCUT2D eigenvalue weighted by Crippen LogP contribution is 2.24. The number of thioether (sulfide) groups is 1. The lowest BCUT2D eigenvalue weighted by molar-refractivity contribution is -0.134. The molecule has 2 unspecified atom stereocenters. The Kier molecular flexibility index (Phi) is 3.92. The van der Waals surface area contributed by atoms with Crippen LogP contribution in [0.2, 0.25) is 0 Å². The Morgan fingerprint density at radius 2 is 2.47 bits per heavy atom. The van der Waals surface area contributed by atoms with Gasteiger partial charge in [0.2, 0.25) is 5.91 Å². The van der Waals surface area contributed by atoms with Gasteiger partial charge in [0.1, 0.15) is 0 Å². The molecule has 86 valence electrons. The van der Waals surface area contributed by atoms with E-state index in [0.717, 1.165) is 32.1 Å². The molecule has 15 heavy (non-hydrogen) atoms. The third-order valence-electron chi connectivity index (χ3n) is 3.24. The molecular weight excluding hydrogens is 208 g/mol. The summed E-state index contributed by atoms with van der Waals surface area (Å²) in [7, 11) is 0. The number of rotatable bonds is 2. The number of amides is 1. The minimum absolute atomic E-state index is 0.154. The molecule has 2 fully saturated rings. The van der Waals surface area contributed by atoms with Crippen molar-refractivity contribution in [2.75, 3.05) is 37.7 Å². The Hall–Kier alpha value is -0.220. The molecule has 1 amide bonds. The highest BCUT2D eigenvalue weighted by atomic mass is 32.2. The zero-order valence-electron chi connectivity index (χ0n) is 9.37. The van der Waals surface area contributed by atoms with Crippen LogP contribution in [-0.4, -0.2) is 48.5 Å². The van der Waals surface area contributed by atoms with Crippen LogP contribution in [0, 0.1) is 11.8 Å². The minimum atomic E-state index is 0.154. The molecule has 0 aliphatic carbocycles. The maximum Gasteiger partial charge on any atom is 0.226 e. The summed E-state index contributed by atoms with van der Waals surface area (Å²) in [5.41, 5.74) is 0. The van der Waals surface area contributed by atoms with E-state index in [9.17, 15) is 4.79 Å². The van der Waals surface area contributed by atoms with E-state index in [1.807, 2.05) is 18.7 Å². The molecule has 0 aromatic heterocycles. The van der Waals surface area contributed by atoms with Gasteiger partial charge >= 0.3 is 0 Å².